The second kappa shape index (κ2) is 4.97. The molecule has 0 radical (unpaired) electrons. The fraction of sp³-hybridized carbons (Fsp3) is 0.444. The first-order valence-corrected chi connectivity index (χ1v) is 6.58. The molecule has 0 bridgehead atoms. The van der Waals surface area contributed by atoms with Crippen LogP contribution in [0.15, 0.2) is 20.7 Å². The third kappa shape index (κ3) is 2.90. The van der Waals surface area contributed by atoms with Gasteiger partial charge < -0.3 is 9.67 Å². The second-order valence-electron chi connectivity index (χ2n) is 3.93. The van der Waals surface area contributed by atoms with E-state index in [1.807, 2.05) is 4.72 Å². The first-order chi connectivity index (χ1) is 8.58. The lowest BCUT2D eigenvalue weighted by atomic mass is 10.4. The largest absolute Gasteiger partial charge is 0.480 e. The number of rotatable bonds is 4. The van der Waals surface area contributed by atoms with E-state index in [1.54, 1.807) is 0 Å². The predicted molar refractivity (Wildman–Crippen MR) is 64.3 cm³/mol. The van der Waals surface area contributed by atoms with Gasteiger partial charge in [-0.1, -0.05) is 0 Å². The number of aryl methyl sites for hydroxylation is 1. The zero-order chi connectivity index (χ0) is 15.0. The van der Waals surface area contributed by atoms with E-state index in [0.29, 0.717) is 4.57 Å². The molecular formula is C9H13N3O6S. The minimum absolute atomic E-state index is 0.625. The van der Waals surface area contributed by atoms with Crippen molar-refractivity contribution in [3.8, 4) is 0 Å². The number of nitrogens with zero attached hydrogens (tertiary/aromatic N) is 2. The molecule has 0 saturated carbocycles. The summed E-state index contributed by atoms with van der Waals surface area (Å²) >= 11 is 0. The summed E-state index contributed by atoms with van der Waals surface area (Å²) in [4.78, 5) is 33.1. The first kappa shape index (κ1) is 15.1. The van der Waals surface area contributed by atoms with E-state index in [2.05, 4.69) is 0 Å². The van der Waals surface area contributed by atoms with E-state index in [9.17, 15) is 22.8 Å². The van der Waals surface area contributed by atoms with Crippen LogP contribution in [-0.4, -0.2) is 34.7 Å². The molecule has 0 aromatic carbocycles. The molecule has 0 fully saturated rings. The Morgan fingerprint density at radius 2 is 1.89 bits per heavy atom. The number of hydrogen-bond acceptors (Lipinski definition) is 5. The van der Waals surface area contributed by atoms with E-state index >= 15 is 0 Å². The van der Waals surface area contributed by atoms with Gasteiger partial charge in [0.05, 0.1) is 0 Å². The molecule has 2 N–H and O–H groups in total. The van der Waals surface area contributed by atoms with Crippen LogP contribution in [0.2, 0.25) is 0 Å². The highest BCUT2D eigenvalue weighted by Crippen LogP contribution is 2.01. The van der Waals surface area contributed by atoms with Gasteiger partial charge in [-0.25, -0.2) is 13.2 Å². The molecule has 1 atom stereocenters. The van der Waals surface area contributed by atoms with Crippen molar-refractivity contribution in [3.63, 3.8) is 0 Å². The van der Waals surface area contributed by atoms with Gasteiger partial charge in [0, 0.05) is 20.3 Å². The Kier molecular flexibility index (Phi) is 3.96. The van der Waals surface area contributed by atoms with Crippen LogP contribution < -0.4 is 16.0 Å². The Balaban J connectivity index is 3.43. The fourth-order valence-electron chi connectivity index (χ4n) is 1.31. The summed E-state index contributed by atoms with van der Waals surface area (Å²) in [5.41, 5.74) is -1.71. The Morgan fingerprint density at radius 1 is 1.37 bits per heavy atom. The van der Waals surface area contributed by atoms with E-state index in [-0.39, 0.29) is 0 Å². The molecule has 1 heterocycles. The SMILES string of the molecule is C[C@@H](NS(=O)(=O)c1cn(C)c(=O)n(C)c1=O)C(=O)O. The van der Waals surface area contributed by atoms with Gasteiger partial charge in [-0.15, -0.1) is 0 Å². The quantitative estimate of drug-likeness (QED) is 0.650. The Bertz CT molecular complexity index is 729. The summed E-state index contributed by atoms with van der Waals surface area (Å²) in [6, 6.07) is -1.40. The predicted octanol–water partition coefficient (Wildman–Crippen LogP) is -2.16. The number of carboxylic acid groups (broad SMARTS) is 1. The number of hydrogen-bond donors (Lipinski definition) is 2. The monoisotopic (exact) mass is 291 g/mol. The highest BCUT2D eigenvalue weighted by Gasteiger charge is 2.25. The molecule has 0 aliphatic rings. The van der Waals surface area contributed by atoms with Crippen molar-refractivity contribution in [1.29, 1.82) is 0 Å². The number of carboxylic acids is 1. The molecular weight excluding hydrogens is 278 g/mol. The van der Waals surface area contributed by atoms with Crippen molar-refractivity contribution in [1.82, 2.24) is 13.9 Å². The van der Waals surface area contributed by atoms with Gasteiger partial charge in [0.25, 0.3) is 5.56 Å². The van der Waals surface area contributed by atoms with Crippen molar-refractivity contribution in [2.24, 2.45) is 14.1 Å². The molecule has 0 saturated heterocycles. The smallest absolute Gasteiger partial charge is 0.330 e. The zero-order valence-corrected chi connectivity index (χ0v) is 11.3. The summed E-state index contributed by atoms with van der Waals surface area (Å²) in [7, 11) is -1.91. The topological polar surface area (TPSA) is 127 Å². The van der Waals surface area contributed by atoms with Crippen LogP contribution in [0.4, 0.5) is 0 Å². The van der Waals surface area contributed by atoms with Crippen LogP contribution in [0.1, 0.15) is 6.92 Å². The van der Waals surface area contributed by atoms with Gasteiger partial charge in [-0.05, 0) is 6.92 Å². The number of carbonyl (C=O) groups is 1. The summed E-state index contributed by atoms with van der Waals surface area (Å²) < 4.78 is 27.1. The van der Waals surface area contributed by atoms with Crippen molar-refractivity contribution in [2.45, 2.75) is 17.9 Å². The van der Waals surface area contributed by atoms with E-state index < -0.39 is 38.2 Å². The van der Waals surface area contributed by atoms with Crippen LogP contribution in [0.25, 0.3) is 0 Å². The van der Waals surface area contributed by atoms with Crippen LogP contribution >= 0.6 is 0 Å². The summed E-state index contributed by atoms with van der Waals surface area (Å²) in [6.07, 6.45) is 0.849. The summed E-state index contributed by atoms with van der Waals surface area (Å²) in [5.74, 6) is -1.38. The fourth-order valence-corrected chi connectivity index (χ4v) is 2.66. The van der Waals surface area contributed by atoms with Gasteiger partial charge in [0.15, 0.2) is 4.90 Å². The maximum Gasteiger partial charge on any atom is 0.330 e. The average Bonchev–Trinajstić information content (AvgIpc) is 2.30. The van der Waals surface area contributed by atoms with Crippen LogP contribution in [0.5, 0.6) is 0 Å². The van der Waals surface area contributed by atoms with Crippen molar-refractivity contribution >= 4 is 16.0 Å². The Labute approximate surface area is 108 Å². The first-order valence-electron chi connectivity index (χ1n) is 5.09. The third-order valence-electron chi connectivity index (χ3n) is 2.41. The van der Waals surface area contributed by atoms with Gasteiger partial charge in [0.2, 0.25) is 10.0 Å². The lowest BCUT2D eigenvalue weighted by Crippen LogP contribution is -2.44. The highest BCUT2D eigenvalue weighted by atomic mass is 32.2. The van der Waals surface area contributed by atoms with Gasteiger partial charge >= 0.3 is 11.7 Å². The summed E-state index contributed by atoms with van der Waals surface area (Å²) in [6.45, 7) is 1.12. The van der Waals surface area contributed by atoms with Gasteiger partial charge in [0.1, 0.15) is 6.04 Å². The number of aliphatic carboxylic acids is 1. The molecule has 106 valence electrons. The molecule has 0 aliphatic carbocycles. The lowest BCUT2D eigenvalue weighted by molar-refractivity contribution is -0.138. The minimum atomic E-state index is -4.32. The second-order valence-corrected chi connectivity index (χ2v) is 5.61. The van der Waals surface area contributed by atoms with Gasteiger partial charge in [-0.2, -0.15) is 4.72 Å². The third-order valence-corrected chi connectivity index (χ3v) is 3.93. The molecule has 1 aromatic heterocycles. The highest BCUT2D eigenvalue weighted by molar-refractivity contribution is 7.89. The number of aromatic nitrogens is 2. The normalized spacial score (nSPS) is 13.2. The van der Waals surface area contributed by atoms with Gasteiger partial charge in [-0.3, -0.25) is 14.2 Å². The zero-order valence-electron chi connectivity index (χ0n) is 10.4. The minimum Gasteiger partial charge on any atom is -0.480 e. The van der Waals surface area contributed by atoms with E-state index in [4.69, 9.17) is 5.11 Å². The molecule has 9 nitrogen and oxygen atoms in total. The molecule has 0 amide bonds. The van der Waals surface area contributed by atoms with E-state index in [0.717, 1.165) is 24.7 Å². The molecule has 10 heteroatoms. The van der Waals surface area contributed by atoms with Crippen LogP contribution in [-0.2, 0) is 28.9 Å². The molecule has 1 rings (SSSR count). The number of sulfonamides is 1. The van der Waals surface area contributed by atoms with E-state index in [1.165, 1.54) is 7.05 Å². The molecule has 0 unspecified atom stereocenters. The maximum atomic E-state index is 11.9. The molecule has 19 heavy (non-hydrogen) atoms. The van der Waals surface area contributed by atoms with Crippen molar-refractivity contribution in [3.05, 3.63) is 27.0 Å². The average molecular weight is 291 g/mol. The Hall–Kier alpha value is -1.94. The van der Waals surface area contributed by atoms with Crippen molar-refractivity contribution < 1.29 is 18.3 Å². The maximum absolute atomic E-state index is 11.9. The standard InChI is InChI=1S/C9H13N3O6S/c1-5(8(14)15)10-19(17,18)6-4-11(2)9(16)12(3)7(6)13/h4-5,10H,1-3H3,(H,14,15)/t5-/m1/s1. The van der Waals surface area contributed by atoms with Crippen LogP contribution in [0, 0.1) is 0 Å². The van der Waals surface area contributed by atoms with Crippen LogP contribution in [0.3, 0.4) is 0 Å². The molecule has 0 spiro atoms. The lowest BCUT2D eigenvalue weighted by Gasteiger charge is -2.11. The van der Waals surface area contributed by atoms with Crippen molar-refractivity contribution in [2.75, 3.05) is 0 Å². The number of nitrogens with one attached hydrogen (secondary N) is 1. The summed E-state index contributed by atoms with van der Waals surface area (Å²) in [5, 5.41) is 8.65. The Morgan fingerprint density at radius 3 is 2.37 bits per heavy atom. The molecule has 0 aliphatic heterocycles. The molecule has 1 aromatic rings.